The number of aromatic nitrogens is 1. The van der Waals surface area contributed by atoms with Crippen LogP contribution in [0.3, 0.4) is 0 Å². The van der Waals surface area contributed by atoms with Gasteiger partial charge in [0.15, 0.2) is 0 Å². The molecule has 1 saturated carbocycles. The van der Waals surface area contributed by atoms with E-state index in [2.05, 4.69) is 41.7 Å². The highest BCUT2D eigenvalue weighted by Gasteiger charge is 2.45. The maximum absolute atomic E-state index is 12.4. The number of rotatable bonds is 5. The lowest BCUT2D eigenvalue weighted by Crippen LogP contribution is -2.40. The van der Waals surface area contributed by atoms with Crippen molar-refractivity contribution in [1.82, 2.24) is 15.4 Å². The van der Waals surface area contributed by atoms with E-state index < -0.39 is 0 Å². The molecule has 0 aliphatic heterocycles. The van der Waals surface area contributed by atoms with Crippen molar-refractivity contribution in [3.63, 3.8) is 0 Å². The molecule has 0 atom stereocenters. The van der Waals surface area contributed by atoms with Gasteiger partial charge in [0.25, 0.3) is 0 Å². The Hall–Kier alpha value is -2.30. The molecule has 3 rings (SSSR count). The Morgan fingerprint density at radius 2 is 2.00 bits per heavy atom. The van der Waals surface area contributed by atoms with Crippen molar-refractivity contribution in [2.45, 2.75) is 45.6 Å². The maximum Gasteiger partial charge on any atom is 0.317 e. The van der Waals surface area contributed by atoms with Gasteiger partial charge in [0, 0.05) is 24.6 Å². The van der Waals surface area contributed by atoms with Crippen LogP contribution in [0.5, 0.6) is 0 Å². The molecule has 0 bridgehead atoms. The lowest BCUT2D eigenvalue weighted by atomic mass is 9.92. The van der Waals surface area contributed by atoms with E-state index >= 15 is 0 Å². The van der Waals surface area contributed by atoms with E-state index in [1.54, 1.807) is 11.9 Å². The summed E-state index contributed by atoms with van der Waals surface area (Å²) in [5.41, 5.74) is 4.59. The van der Waals surface area contributed by atoms with Gasteiger partial charge >= 0.3 is 6.03 Å². The average molecular weight is 327 g/mol. The van der Waals surface area contributed by atoms with Gasteiger partial charge in [-0.15, -0.1) is 0 Å². The van der Waals surface area contributed by atoms with Crippen molar-refractivity contribution in [2.75, 3.05) is 13.6 Å². The zero-order chi connectivity index (χ0) is 17.3. The first-order valence-corrected chi connectivity index (χ1v) is 8.40. The molecule has 1 fully saturated rings. The highest BCUT2D eigenvalue weighted by Crippen LogP contribution is 2.48. The van der Waals surface area contributed by atoms with Gasteiger partial charge in [0.1, 0.15) is 5.76 Å². The topological polar surface area (TPSA) is 58.4 Å². The molecule has 1 aromatic heterocycles. The van der Waals surface area contributed by atoms with Gasteiger partial charge in [-0.1, -0.05) is 29.4 Å². The number of benzene rings is 1. The molecule has 1 aliphatic rings. The number of nitrogens with zero attached hydrogens (tertiary/aromatic N) is 2. The fourth-order valence-electron chi connectivity index (χ4n) is 3.28. The summed E-state index contributed by atoms with van der Waals surface area (Å²) in [5, 5.41) is 7.04. The number of aryl methyl sites for hydroxylation is 3. The second-order valence-electron chi connectivity index (χ2n) is 6.91. The smallest absolute Gasteiger partial charge is 0.317 e. The first kappa shape index (κ1) is 16.6. The van der Waals surface area contributed by atoms with Gasteiger partial charge < -0.3 is 14.7 Å². The molecule has 0 saturated heterocycles. The summed E-state index contributed by atoms with van der Waals surface area (Å²) in [7, 11) is 1.80. The van der Waals surface area contributed by atoms with Crippen LogP contribution in [0.25, 0.3) is 0 Å². The summed E-state index contributed by atoms with van der Waals surface area (Å²) in [5.74, 6) is 0.769. The van der Waals surface area contributed by atoms with Crippen molar-refractivity contribution < 1.29 is 9.32 Å². The lowest BCUT2D eigenvalue weighted by Gasteiger charge is -2.22. The fourth-order valence-corrected chi connectivity index (χ4v) is 3.28. The van der Waals surface area contributed by atoms with Crippen LogP contribution >= 0.6 is 0 Å². The Labute approximate surface area is 143 Å². The predicted octanol–water partition coefficient (Wildman–Crippen LogP) is 3.47. The van der Waals surface area contributed by atoms with Crippen LogP contribution in [0.15, 0.2) is 28.8 Å². The van der Waals surface area contributed by atoms with Crippen molar-refractivity contribution in [1.29, 1.82) is 0 Å². The molecule has 24 heavy (non-hydrogen) atoms. The van der Waals surface area contributed by atoms with E-state index in [-0.39, 0.29) is 11.4 Å². The Morgan fingerprint density at radius 1 is 1.29 bits per heavy atom. The molecule has 2 aromatic rings. The molecule has 5 nitrogen and oxygen atoms in total. The highest BCUT2D eigenvalue weighted by atomic mass is 16.5. The number of hydrogen-bond donors (Lipinski definition) is 1. The molecule has 128 valence electrons. The molecule has 1 aliphatic carbocycles. The Balaban J connectivity index is 1.60. The van der Waals surface area contributed by atoms with Gasteiger partial charge in [0.2, 0.25) is 0 Å². The fraction of sp³-hybridized carbons (Fsp3) is 0.474. The van der Waals surface area contributed by atoms with Gasteiger partial charge in [-0.25, -0.2) is 4.79 Å². The zero-order valence-electron chi connectivity index (χ0n) is 14.8. The normalized spacial score (nSPS) is 15.2. The second kappa shape index (κ2) is 6.30. The third-order valence-corrected chi connectivity index (χ3v) is 5.07. The number of carbonyl (C=O) groups is 1. The maximum atomic E-state index is 12.4. The van der Waals surface area contributed by atoms with E-state index in [4.69, 9.17) is 4.52 Å². The summed E-state index contributed by atoms with van der Waals surface area (Å²) in [6.07, 6.45) is 2.26. The third kappa shape index (κ3) is 3.16. The van der Waals surface area contributed by atoms with Gasteiger partial charge in [0.05, 0.1) is 12.2 Å². The Bertz CT molecular complexity index is 727. The van der Waals surface area contributed by atoms with Gasteiger partial charge in [-0.3, -0.25) is 0 Å². The van der Waals surface area contributed by atoms with Crippen molar-refractivity contribution in [2.24, 2.45) is 0 Å². The van der Waals surface area contributed by atoms with Crippen LogP contribution in [-0.2, 0) is 12.0 Å². The predicted molar refractivity (Wildman–Crippen MR) is 92.9 cm³/mol. The number of hydrogen-bond acceptors (Lipinski definition) is 3. The number of carbonyl (C=O) groups excluding carboxylic acids is 1. The molecule has 1 heterocycles. The molecule has 0 spiro atoms. The van der Waals surface area contributed by atoms with E-state index in [1.807, 2.05) is 13.8 Å². The summed E-state index contributed by atoms with van der Waals surface area (Å²) >= 11 is 0. The van der Waals surface area contributed by atoms with E-state index in [0.29, 0.717) is 13.1 Å². The minimum absolute atomic E-state index is 0.0603. The van der Waals surface area contributed by atoms with Crippen molar-refractivity contribution in [3.8, 4) is 0 Å². The van der Waals surface area contributed by atoms with Crippen LogP contribution in [-0.4, -0.2) is 29.7 Å². The number of amides is 2. The summed E-state index contributed by atoms with van der Waals surface area (Å²) < 4.78 is 5.16. The van der Waals surface area contributed by atoms with Crippen LogP contribution in [0.1, 0.15) is 41.0 Å². The Morgan fingerprint density at radius 3 is 2.58 bits per heavy atom. The molecule has 0 unspecified atom stereocenters. The Kier molecular flexibility index (Phi) is 4.35. The van der Waals surface area contributed by atoms with E-state index in [0.717, 1.165) is 29.9 Å². The van der Waals surface area contributed by atoms with Crippen molar-refractivity contribution >= 4 is 6.03 Å². The van der Waals surface area contributed by atoms with Gasteiger partial charge in [-0.2, -0.15) is 0 Å². The van der Waals surface area contributed by atoms with Crippen LogP contribution in [0.4, 0.5) is 4.79 Å². The van der Waals surface area contributed by atoms with Crippen LogP contribution in [0.2, 0.25) is 0 Å². The van der Waals surface area contributed by atoms with Crippen molar-refractivity contribution in [3.05, 3.63) is 52.4 Å². The second-order valence-corrected chi connectivity index (χ2v) is 6.91. The van der Waals surface area contributed by atoms with Crippen LogP contribution in [0, 0.1) is 20.8 Å². The molecular weight excluding hydrogens is 302 g/mol. The molecule has 0 radical (unpaired) electrons. The summed E-state index contributed by atoms with van der Waals surface area (Å²) in [6.45, 7) is 7.10. The SMILES string of the molecule is Cc1ccccc1C1(CNC(=O)N(C)Cc2c(C)noc2C)CC1. The first-order valence-electron chi connectivity index (χ1n) is 8.40. The lowest BCUT2D eigenvalue weighted by molar-refractivity contribution is 0.205. The van der Waals surface area contributed by atoms with E-state index in [1.165, 1.54) is 11.1 Å². The summed E-state index contributed by atoms with van der Waals surface area (Å²) in [4.78, 5) is 14.1. The highest BCUT2D eigenvalue weighted by molar-refractivity contribution is 5.74. The molecule has 1 aromatic carbocycles. The average Bonchev–Trinajstić information content (AvgIpc) is 3.29. The molecule has 1 N–H and O–H groups in total. The molecular formula is C19H25N3O2. The first-order chi connectivity index (χ1) is 11.4. The van der Waals surface area contributed by atoms with E-state index in [9.17, 15) is 4.79 Å². The minimum Gasteiger partial charge on any atom is -0.361 e. The molecule has 2 amide bonds. The largest absolute Gasteiger partial charge is 0.361 e. The quantitative estimate of drug-likeness (QED) is 0.915. The number of nitrogens with one attached hydrogen (secondary N) is 1. The number of urea groups is 1. The van der Waals surface area contributed by atoms with Crippen LogP contribution < -0.4 is 5.32 Å². The zero-order valence-corrected chi connectivity index (χ0v) is 14.8. The molecule has 5 heteroatoms. The summed E-state index contributed by atoms with van der Waals surface area (Å²) in [6, 6.07) is 8.40. The van der Waals surface area contributed by atoms with Gasteiger partial charge in [-0.05, 0) is 44.7 Å². The minimum atomic E-state index is -0.0603. The third-order valence-electron chi connectivity index (χ3n) is 5.07. The standard InChI is InChI=1S/C19H25N3O2/c1-13-7-5-6-8-17(13)19(9-10-19)12-20-18(23)22(4)11-16-14(2)21-24-15(16)3/h5-8H,9-12H2,1-4H3,(H,20,23). The monoisotopic (exact) mass is 327 g/mol.